The number of carbonyl (C=O) groups excluding carboxylic acids is 1. The van der Waals surface area contributed by atoms with Gasteiger partial charge in [0.15, 0.2) is 0 Å². The van der Waals surface area contributed by atoms with Gasteiger partial charge < -0.3 is 15.8 Å². The summed E-state index contributed by atoms with van der Waals surface area (Å²) in [6.07, 6.45) is 0. The molecule has 3 aromatic rings. The highest BCUT2D eigenvalue weighted by Gasteiger charge is 2.22. The van der Waals surface area contributed by atoms with Gasteiger partial charge in [0.1, 0.15) is 22.7 Å². The maximum absolute atomic E-state index is 14.1. The molecule has 0 aliphatic heterocycles. The third-order valence-corrected chi connectivity index (χ3v) is 4.83. The van der Waals surface area contributed by atoms with Crippen molar-refractivity contribution in [3.63, 3.8) is 0 Å². The predicted molar refractivity (Wildman–Crippen MR) is 99.0 cm³/mol. The van der Waals surface area contributed by atoms with E-state index in [1.165, 1.54) is 24.5 Å². The van der Waals surface area contributed by atoms with E-state index in [0.29, 0.717) is 15.9 Å². The molecule has 9 heteroatoms. The second kappa shape index (κ2) is 6.95. The van der Waals surface area contributed by atoms with Gasteiger partial charge in [-0.1, -0.05) is 0 Å². The number of nitrogens with two attached hydrogens (primary N) is 1. The first kappa shape index (κ1) is 17.0. The van der Waals surface area contributed by atoms with Crippen LogP contribution in [0.15, 0.2) is 23.7 Å². The van der Waals surface area contributed by atoms with Gasteiger partial charge in [-0.2, -0.15) is 0 Å². The van der Waals surface area contributed by atoms with Crippen molar-refractivity contribution in [1.29, 1.82) is 0 Å². The van der Waals surface area contributed by atoms with Crippen molar-refractivity contribution in [2.45, 2.75) is 6.54 Å². The Bertz CT molecular complexity index is 931. The molecule has 0 bridgehead atoms. The maximum Gasteiger partial charge on any atom is 0.343 e. The lowest BCUT2D eigenvalue weighted by molar-refractivity contribution is 0.0604. The van der Waals surface area contributed by atoms with Crippen LogP contribution >= 0.6 is 33.9 Å². The highest BCUT2D eigenvalue weighted by molar-refractivity contribution is 14.1. The molecule has 3 N–H and O–H groups in total. The van der Waals surface area contributed by atoms with E-state index in [4.69, 9.17) is 10.5 Å². The topological polar surface area (TPSA) is 90.1 Å². The van der Waals surface area contributed by atoms with Crippen molar-refractivity contribution in [1.82, 2.24) is 9.97 Å². The summed E-state index contributed by atoms with van der Waals surface area (Å²) >= 11 is 3.29. The number of carbonyl (C=O) groups is 1. The van der Waals surface area contributed by atoms with Crippen LogP contribution in [0.3, 0.4) is 0 Å². The lowest BCUT2D eigenvalue weighted by atomic mass is 10.2. The first-order chi connectivity index (χ1) is 11.5. The highest BCUT2D eigenvalue weighted by atomic mass is 127. The first-order valence-electron chi connectivity index (χ1n) is 6.81. The molecule has 0 spiro atoms. The summed E-state index contributed by atoms with van der Waals surface area (Å²) in [5.41, 5.74) is 8.83. The molecular formula is C15H12FIN4O2S. The van der Waals surface area contributed by atoms with E-state index in [-0.39, 0.29) is 23.6 Å². The van der Waals surface area contributed by atoms with Gasteiger partial charge in [0.2, 0.25) is 0 Å². The molecule has 0 saturated heterocycles. The van der Waals surface area contributed by atoms with E-state index in [0.717, 1.165) is 3.57 Å². The molecule has 0 fully saturated rings. The standard InChI is InChI=1S/C15H12FIN4O2S/c1-23-15(22)11-13-12(19-6-24-13)10(5-18)21-14(11)20-9-3-2-7(17)4-8(9)16/h2-4,6H,5,18H2,1H3,(H,20,21). The van der Waals surface area contributed by atoms with Gasteiger partial charge in [-0.25, -0.2) is 19.2 Å². The van der Waals surface area contributed by atoms with Gasteiger partial charge in [0, 0.05) is 10.1 Å². The molecule has 124 valence electrons. The molecule has 6 nitrogen and oxygen atoms in total. The summed E-state index contributed by atoms with van der Waals surface area (Å²) in [6, 6.07) is 4.72. The van der Waals surface area contributed by atoms with Gasteiger partial charge >= 0.3 is 5.97 Å². The zero-order valence-corrected chi connectivity index (χ0v) is 15.4. The van der Waals surface area contributed by atoms with Gasteiger partial charge in [-0.15, -0.1) is 11.3 Å². The number of halogens is 2. The van der Waals surface area contributed by atoms with E-state index in [1.54, 1.807) is 17.6 Å². The van der Waals surface area contributed by atoms with E-state index in [9.17, 15) is 9.18 Å². The largest absolute Gasteiger partial charge is 0.465 e. The molecule has 2 heterocycles. The van der Waals surface area contributed by atoms with Crippen molar-refractivity contribution in [3.05, 3.63) is 44.4 Å². The summed E-state index contributed by atoms with van der Waals surface area (Å²) in [5.74, 6) is -0.828. The molecule has 0 atom stereocenters. The second-order valence-electron chi connectivity index (χ2n) is 4.76. The predicted octanol–water partition coefficient (Wildman–Crippen LogP) is 3.42. The van der Waals surface area contributed by atoms with Crippen LogP contribution in [0.25, 0.3) is 10.2 Å². The van der Waals surface area contributed by atoms with Crippen molar-refractivity contribution >= 4 is 61.6 Å². The minimum atomic E-state index is -0.575. The van der Waals surface area contributed by atoms with Crippen LogP contribution < -0.4 is 11.1 Å². The molecule has 0 aliphatic rings. The minimum Gasteiger partial charge on any atom is -0.465 e. The number of anilines is 2. The number of fused-ring (bicyclic) bond motifs is 1. The number of nitrogens with zero attached hydrogens (tertiary/aromatic N) is 2. The van der Waals surface area contributed by atoms with Crippen LogP contribution in [0, 0.1) is 9.39 Å². The molecule has 0 amide bonds. The maximum atomic E-state index is 14.1. The summed E-state index contributed by atoms with van der Waals surface area (Å²) in [4.78, 5) is 20.8. The Balaban J connectivity index is 2.19. The molecule has 0 radical (unpaired) electrons. The smallest absolute Gasteiger partial charge is 0.343 e. The average molecular weight is 458 g/mol. The molecule has 0 aliphatic carbocycles. The Kier molecular flexibility index (Phi) is 4.92. The third-order valence-electron chi connectivity index (χ3n) is 3.32. The van der Waals surface area contributed by atoms with E-state index >= 15 is 0 Å². The quantitative estimate of drug-likeness (QED) is 0.460. The van der Waals surface area contributed by atoms with Crippen LogP contribution in [0.4, 0.5) is 15.9 Å². The lowest BCUT2D eigenvalue weighted by Gasteiger charge is -2.13. The number of thiazole rings is 1. The highest BCUT2D eigenvalue weighted by Crippen LogP contribution is 2.32. The molecule has 24 heavy (non-hydrogen) atoms. The number of rotatable bonds is 4. The summed E-state index contributed by atoms with van der Waals surface area (Å²) in [7, 11) is 1.28. The number of hydrogen-bond donors (Lipinski definition) is 2. The minimum absolute atomic E-state index is 0.144. The van der Waals surface area contributed by atoms with Crippen molar-refractivity contribution in [2.75, 3.05) is 12.4 Å². The van der Waals surface area contributed by atoms with Crippen molar-refractivity contribution < 1.29 is 13.9 Å². The monoisotopic (exact) mass is 458 g/mol. The Morgan fingerprint density at radius 2 is 2.29 bits per heavy atom. The van der Waals surface area contributed by atoms with E-state index < -0.39 is 11.8 Å². The van der Waals surface area contributed by atoms with Gasteiger partial charge in [0.05, 0.1) is 28.7 Å². The SMILES string of the molecule is COC(=O)c1c(Nc2ccc(I)cc2F)nc(CN)c2ncsc12. The Morgan fingerprint density at radius 3 is 2.96 bits per heavy atom. The second-order valence-corrected chi connectivity index (χ2v) is 6.86. The van der Waals surface area contributed by atoms with Crippen LogP contribution in [-0.2, 0) is 11.3 Å². The zero-order valence-electron chi connectivity index (χ0n) is 12.5. The Hall–Kier alpha value is -1.85. The Morgan fingerprint density at radius 1 is 1.50 bits per heavy atom. The molecule has 2 aromatic heterocycles. The van der Waals surface area contributed by atoms with Crippen molar-refractivity contribution in [2.24, 2.45) is 5.73 Å². The van der Waals surface area contributed by atoms with Crippen LogP contribution in [0.1, 0.15) is 16.1 Å². The molecule has 0 unspecified atom stereocenters. The molecule has 3 rings (SSSR count). The fraction of sp³-hybridized carbons (Fsp3) is 0.133. The molecule has 0 saturated carbocycles. The first-order valence-corrected chi connectivity index (χ1v) is 8.77. The number of esters is 1. The normalized spacial score (nSPS) is 10.8. The lowest BCUT2D eigenvalue weighted by Crippen LogP contribution is -2.12. The van der Waals surface area contributed by atoms with Crippen LogP contribution in [0.2, 0.25) is 0 Å². The van der Waals surface area contributed by atoms with Crippen LogP contribution in [-0.4, -0.2) is 23.0 Å². The molecule has 1 aromatic carbocycles. The third kappa shape index (κ3) is 3.06. The summed E-state index contributed by atoms with van der Waals surface area (Å²) < 4.78 is 20.4. The van der Waals surface area contributed by atoms with Crippen LogP contribution in [0.5, 0.6) is 0 Å². The number of pyridine rings is 1. The van der Waals surface area contributed by atoms with Gasteiger partial charge in [0.25, 0.3) is 0 Å². The number of methoxy groups -OCH3 is 1. The fourth-order valence-electron chi connectivity index (χ4n) is 2.22. The van der Waals surface area contributed by atoms with E-state index in [2.05, 4.69) is 15.3 Å². The summed E-state index contributed by atoms with van der Waals surface area (Å²) in [6.45, 7) is 0.144. The summed E-state index contributed by atoms with van der Waals surface area (Å²) in [5, 5.41) is 2.87. The van der Waals surface area contributed by atoms with Gasteiger partial charge in [-0.3, -0.25) is 0 Å². The average Bonchev–Trinajstić information content (AvgIpc) is 3.05. The Labute approximate surface area is 154 Å². The van der Waals surface area contributed by atoms with E-state index in [1.807, 2.05) is 22.6 Å². The number of nitrogens with one attached hydrogen (secondary N) is 1. The number of ether oxygens (including phenoxy) is 1. The van der Waals surface area contributed by atoms with Crippen molar-refractivity contribution in [3.8, 4) is 0 Å². The van der Waals surface area contributed by atoms with Gasteiger partial charge in [-0.05, 0) is 40.8 Å². The number of hydrogen-bond acceptors (Lipinski definition) is 7. The zero-order chi connectivity index (χ0) is 17.3. The fourth-order valence-corrected chi connectivity index (χ4v) is 3.52. The number of benzene rings is 1. The molecular weight excluding hydrogens is 446 g/mol. The number of aromatic nitrogens is 2.